The van der Waals surface area contributed by atoms with E-state index in [0.29, 0.717) is 13.2 Å². The van der Waals surface area contributed by atoms with E-state index in [0.717, 1.165) is 13.0 Å². The minimum atomic E-state index is -0.579. The molecule has 1 atom stereocenters. The van der Waals surface area contributed by atoms with Crippen LogP contribution in [-0.4, -0.2) is 32.1 Å². The summed E-state index contributed by atoms with van der Waals surface area (Å²) in [5.41, 5.74) is 0. The van der Waals surface area contributed by atoms with Crippen molar-refractivity contribution in [2.24, 2.45) is 0 Å². The van der Waals surface area contributed by atoms with E-state index in [1.54, 1.807) is 0 Å². The molecule has 1 saturated heterocycles. The lowest BCUT2D eigenvalue weighted by molar-refractivity contribution is 0.0444. The highest BCUT2D eigenvalue weighted by Gasteiger charge is 2.24. The molecule has 0 aromatic rings. The summed E-state index contributed by atoms with van der Waals surface area (Å²) in [6.45, 7) is 3.70. The summed E-state index contributed by atoms with van der Waals surface area (Å²) < 4.78 is 14.8. The van der Waals surface area contributed by atoms with Crippen LogP contribution in [0.1, 0.15) is 32.6 Å². The van der Waals surface area contributed by atoms with Gasteiger partial charge in [-0.1, -0.05) is 26.2 Å². The van der Waals surface area contributed by atoms with E-state index in [1.165, 1.54) is 19.3 Å². The molecule has 1 aliphatic heterocycles. The highest BCUT2D eigenvalue weighted by molar-refractivity contribution is 5.61. The summed E-state index contributed by atoms with van der Waals surface area (Å²) in [6, 6.07) is 0. The second kappa shape index (κ2) is 6.65. The quantitative estimate of drug-likeness (QED) is 0.468. The molecular formula is C10H18O4. The van der Waals surface area contributed by atoms with Crippen LogP contribution >= 0.6 is 0 Å². The van der Waals surface area contributed by atoms with Crippen LogP contribution in [0.4, 0.5) is 4.79 Å². The monoisotopic (exact) mass is 202 g/mol. The second-order valence-electron chi connectivity index (χ2n) is 3.44. The Kier molecular flexibility index (Phi) is 5.37. The molecular weight excluding hydrogens is 184 g/mol. The minimum absolute atomic E-state index is 0.200. The van der Waals surface area contributed by atoms with Crippen molar-refractivity contribution in [1.29, 1.82) is 0 Å². The van der Waals surface area contributed by atoms with E-state index in [2.05, 4.69) is 11.7 Å². The Labute approximate surface area is 84.5 Å². The fourth-order valence-corrected chi connectivity index (χ4v) is 1.29. The van der Waals surface area contributed by atoms with Gasteiger partial charge in [0.05, 0.1) is 6.61 Å². The Bertz CT molecular complexity index is 170. The van der Waals surface area contributed by atoms with Gasteiger partial charge in [0.2, 0.25) is 0 Å². The van der Waals surface area contributed by atoms with Crippen LogP contribution in [0.2, 0.25) is 0 Å². The molecule has 0 aromatic carbocycles. The number of cyclic esters (lactones) is 2. The molecule has 82 valence electrons. The Morgan fingerprint density at radius 3 is 2.93 bits per heavy atom. The number of rotatable bonds is 7. The van der Waals surface area contributed by atoms with E-state index < -0.39 is 6.16 Å². The Hall–Kier alpha value is -0.770. The SMILES string of the molecule is CCCCCCOCC1COC(=O)O1. The Balaban J connectivity index is 1.86. The van der Waals surface area contributed by atoms with Crippen molar-refractivity contribution in [2.45, 2.75) is 38.7 Å². The third kappa shape index (κ3) is 4.46. The number of hydrogen-bond acceptors (Lipinski definition) is 4. The van der Waals surface area contributed by atoms with E-state index in [-0.39, 0.29) is 6.10 Å². The molecule has 0 radical (unpaired) electrons. The number of carbonyl (C=O) groups excluding carboxylic acids is 1. The molecule has 1 fully saturated rings. The van der Waals surface area contributed by atoms with Crippen molar-refractivity contribution in [3.05, 3.63) is 0 Å². The minimum Gasteiger partial charge on any atom is -0.430 e. The first-order valence-corrected chi connectivity index (χ1v) is 5.24. The molecule has 0 N–H and O–H groups in total. The van der Waals surface area contributed by atoms with Gasteiger partial charge in [0.1, 0.15) is 6.61 Å². The van der Waals surface area contributed by atoms with Gasteiger partial charge in [0.15, 0.2) is 6.10 Å². The van der Waals surface area contributed by atoms with Gasteiger partial charge < -0.3 is 14.2 Å². The van der Waals surface area contributed by atoms with Gasteiger partial charge in [-0.25, -0.2) is 4.79 Å². The molecule has 1 unspecified atom stereocenters. The van der Waals surface area contributed by atoms with Crippen molar-refractivity contribution < 1.29 is 19.0 Å². The van der Waals surface area contributed by atoms with Gasteiger partial charge in [0, 0.05) is 6.61 Å². The lowest BCUT2D eigenvalue weighted by Crippen LogP contribution is -2.18. The molecule has 0 aliphatic carbocycles. The standard InChI is InChI=1S/C10H18O4/c1-2-3-4-5-6-12-7-9-8-13-10(11)14-9/h9H,2-8H2,1H3. The molecule has 0 saturated carbocycles. The number of ether oxygens (including phenoxy) is 3. The third-order valence-electron chi connectivity index (χ3n) is 2.10. The van der Waals surface area contributed by atoms with Gasteiger partial charge >= 0.3 is 6.16 Å². The summed E-state index contributed by atoms with van der Waals surface area (Å²) in [4.78, 5) is 10.5. The fourth-order valence-electron chi connectivity index (χ4n) is 1.29. The number of unbranched alkanes of at least 4 members (excludes halogenated alkanes) is 3. The molecule has 0 spiro atoms. The molecule has 1 heterocycles. The van der Waals surface area contributed by atoms with Crippen molar-refractivity contribution in [3.63, 3.8) is 0 Å². The number of carbonyl (C=O) groups is 1. The molecule has 4 nitrogen and oxygen atoms in total. The average molecular weight is 202 g/mol. The van der Waals surface area contributed by atoms with E-state index in [9.17, 15) is 4.79 Å². The Morgan fingerprint density at radius 1 is 1.43 bits per heavy atom. The highest BCUT2D eigenvalue weighted by Crippen LogP contribution is 2.06. The highest BCUT2D eigenvalue weighted by atomic mass is 16.8. The predicted molar refractivity (Wildman–Crippen MR) is 51.2 cm³/mol. The molecule has 4 heteroatoms. The molecule has 1 rings (SSSR count). The van der Waals surface area contributed by atoms with Crippen LogP contribution in [0, 0.1) is 0 Å². The molecule has 0 aromatic heterocycles. The maximum Gasteiger partial charge on any atom is 0.508 e. The first-order valence-electron chi connectivity index (χ1n) is 5.24. The van der Waals surface area contributed by atoms with Crippen LogP contribution in [0.15, 0.2) is 0 Å². The first kappa shape index (κ1) is 11.3. The van der Waals surface area contributed by atoms with Gasteiger partial charge in [-0.05, 0) is 6.42 Å². The van der Waals surface area contributed by atoms with E-state index >= 15 is 0 Å². The normalized spacial score (nSPS) is 20.6. The molecule has 1 aliphatic rings. The molecule has 0 amide bonds. The molecule has 14 heavy (non-hydrogen) atoms. The first-order chi connectivity index (χ1) is 6.83. The zero-order chi connectivity index (χ0) is 10.2. The van der Waals surface area contributed by atoms with Gasteiger partial charge in [-0.3, -0.25) is 0 Å². The van der Waals surface area contributed by atoms with E-state index in [4.69, 9.17) is 9.47 Å². The lowest BCUT2D eigenvalue weighted by atomic mass is 10.2. The van der Waals surface area contributed by atoms with Crippen LogP contribution in [0.3, 0.4) is 0 Å². The lowest BCUT2D eigenvalue weighted by Gasteiger charge is -2.06. The summed E-state index contributed by atoms with van der Waals surface area (Å²) in [6.07, 6.45) is 3.99. The van der Waals surface area contributed by atoms with Crippen LogP contribution < -0.4 is 0 Å². The maximum atomic E-state index is 10.5. The third-order valence-corrected chi connectivity index (χ3v) is 2.10. The van der Waals surface area contributed by atoms with Gasteiger partial charge in [0.25, 0.3) is 0 Å². The van der Waals surface area contributed by atoms with E-state index in [1.807, 2.05) is 0 Å². The van der Waals surface area contributed by atoms with Crippen molar-refractivity contribution in [3.8, 4) is 0 Å². The summed E-state index contributed by atoms with van der Waals surface area (Å²) in [5, 5.41) is 0. The van der Waals surface area contributed by atoms with Crippen molar-refractivity contribution >= 4 is 6.16 Å². The zero-order valence-corrected chi connectivity index (χ0v) is 8.66. The van der Waals surface area contributed by atoms with Gasteiger partial charge in [-0.15, -0.1) is 0 Å². The van der Waals surface area contributed by atoms with Crippen LogP contribution in [0.5, 0.6) is 0 Å². The topological polar surface area (TPSA) is 44.8 Å². The summed E-state index contributed by atoms with van der Waals surface area (Å²) in [7, 11) is 0. The summed E-state index contributed by atoms with van der Waals surface area (Å²) >= 11 is 0. The second-order valence-corrected chi connectivity index (χ2v) is 3.44. The smallest absolute Gasteiger partial charge is 0.430 e. The van der Waals surface area contributed by atoms with Crippen LogP contribution in [-0.2, 0) is 14.2 Å². The summed E-state index contributed by atoms with van der Waals surface area (Å²) in [5.74, 6) is 0. The average Bonchev–Trinajstić information content (AvgIpc) is 2.58. The largest absolute Gasteiger partial charge is 0.508 e. The maximum absolute atomic E-state index is 10.5. The number of hydrogen-bond donors (Lipinski definition) is 0. The zero-order valence-electron chi connectivity index (χ0n) is 8.66. The molecule has 0 bridgehead atoms. The fraction of sp³-hybridized carbons (Fsp3) is 0.900. The predicted octanol–water partition coefficient (Wildman–Crippen LogP) is 2.12. The van der Waals surface area contributed by atoms with Gasteiger partial charge in [-0.2, -0.15) is 0 Å². The van der Waals surface area contributed by atoms with Crippen molar-refractivity contribution in [2.75, 3.05) is 19.8 Å². The van der Waals surface area contributed by atoms with Crippen LogP contribution in [0.25, 0.3) is 0 Å². The van der Waals surface area contributed by atoms with Crippen molar-refractivity contribution in [1.82, 2.24) is 0 Å². The Morgan fingerprint density at radius 2 is 2.29 bits per heavy atom.